The van der Waals surface area contributed by atoms with E-state index in [4.69, 9.17) is 0 Å². The Morgan fingerprint density at radius 3 is 2.64 bits per heavy atom. The predicted octanol–water partition coefficient (Wildman–Crippen LogP) is 0.923. The van der Waals surface area contributed by atoms with Crippen LogP contribution in [0.5, 0.6) is 0 Å². The minimum absolute atomic E-state index is 1.08. The van der Waals surface area contributed by atoms with Crippen molar-refractivity contribution >= 4 is 6.21 Å². The summed E-state index contributed by atoms with van der Waals surface area (Å²) in [5.74, 6) is 0. The number of hydrogen-bond acceptors (Lipinski definition) is 3. The predicted molar refractivity (Wildman–Crippen MR) is 50.0 cm³/mol. The van der Waals surface area contributed by atoms with E-state index in [1.54, 1.807) is 0 Å². The third kappa shape index (κ3) is 9.43. The standard InChI is InChI=1S/C8H19N3/c1-9-7-5-4-6-8-10-11(2)3/h8-9H,4-7H2,1-3H3/b10-8-. The van der Waals surface area contributed by atoms with Gasteiger partial charge in [-0.15, -0.1) is 0 Å². The van der Waals surface area contributed by atoms with E-state index in [1.807, 2.05) is 32.4 Å². The zero-order chi connectivity index (χ0) is 8.53. The lowest BCUT2D eigenvalue weighted by atomic mass is 10.2. The summed E-state index contributed by atoms with van der Waals surface area (Å²) >= 11 is 0. The van der Waals surface area contributed by atoms with Crippen molar-refractivity contribution in [3.8, 4) is 0 Å². The quantitative estimate of drug-likeness (QED) is 0.353. The summed E-state index contributed by atoms with van der Waals surface area (Å²) in [5, 5.41) is 9.04. The van der Waals surface area contributed by atoms with Crippen LogP contribution in [0.2, 0.25) is 0 Å². The van der Waals surface area contributed by atoms with Crippen molar-refractivity contribution < 1.29 is 0 Å². The first-order chi connectivity index (χ1) is 5.27. The number of rotatable bonds is 6. The molecule has 0 radical (unpaired) electrons. The van der Waals surface area contributed by atoms with Crippen molar-refractivity contribution in [1.29, 1.82) is 0 Å². The van der Waals surface area contributed by atoms with Gasteiger partial charge in [-0.1, -0.05) is 0 Å². The van der Waals surface area contributed by atoms with E-state index in [0.29, 0.717) is 0 Å². The fraction of sp³-hybridized carbons (Fsp3) is 0.875. The molecule has 0 saturated carbocycles. The molecule has 0 aliphatic rings. The van der Waals surface area contributed by atoms with Crippen molar-refractivity contribution in [3.05, 3.63) is 0 Å². The zero-order valence-corrected chi connectivity index (χ0v) is 7.80. The molecule has 0 rings (SSSR count). The molecule has 0 aromatic heterocycles. The van der Waals surface area contributed by atoms with Gasteiger partial charge in [0.2, 0.25) is 0 Å². The van der Waals surface area contributed by atoms with Gasteiger partial charge in [-0.05, 0) is 32.9 Å². The van der Waals surface area contributed by atoms with Gasteiger partial charge in [0.05, 0.1) is 0 Å². The van der Waals surface area contributed by atoms with Crippen LogP contribution in [0.25, 0.3) is 0 Å². The maximum absolute atomic E-state index is 4.11. The first-order valence-electron chi connectivity index (χ1n) is 4.11. The number of unbranched alkanes of at least 4 members (excludes halogenated alkanes) is 2. The Bertz CT molecular complexity index is 99.5. The molecule has 0 spiro atoms. The molecule has 0 heterocycles. The van der Waals surface area contributed by atoms with Gasteiger partial charge in [0, 0.05) is 20.3 Å². The van der Waals surface area contributed by atoms with E-state index >= 15 is 0 Å². The van der Waals surface area contributed by atoms with E-state index in [1.165, 1.54) is 12.8 Å². The SMILES string of the molecule is CNCCCC/C=N\N(C)C. The molecular weight excluding hydrogens is 138 g/mol. The van der Waals surface area contributed by atoms with Crippen LogP contribution in [0.15, 0.2) is 5.10 Å². The Kier molecular flexibility index (Phi) is 7.15. The van der Waals surface area contributed by atoms with Crippen LogP contribution in [0.1, 0.15) is 19.3 Å². The van der Waals surface area contributed by atoms with Gasteiger partial charge in [-0.3, -0.25) is 0 Å². The van der Waals surface area contributed by atoms with Crippen molar-refractivity contribution in [2.45, 2.75) is 19.3 Å². The lowest BCUT2D eigenvalue weighted by Gasteiger charge is -2.01. The van der Waals surface area contributed by atoms with E-state index in [2.05, 4.69) is 10.4 Å². The van der Waals surface area contributed by atoms with E-state index in [-0.39, 0.29) is 0 Å². The lowest BCUT2D eigenvalue weighted by Crippen LogP contribution is -2.07. The van der Waals surface area contributed by atoms with E-state index < -0.39 is 0 Å². The Hall–Kier alpha value is -0.570. The number of nitrogens with zero attached hydrogens (tertiary/aromatic N) is 2. The Balaban J connectivity index is 3.01. The number of hydrazone groups is 1. The maximum atomic E-state index is 4.11. The molecule has 0 aromatic rings. The molecule has 0 atom stereocenters. The molecule has 11 heavy (non-hydrogen) atoms. The van der Waals surface area contributed by atoms with Gasteiger partial charge in [0.25, 0.3) is 0 Å². The normalized spacial score (nSPS) is 10.8. The minimum Gasteiger partial charge on any atom is -0.320 e. The second kappa shape index (κ2) is 7.54. The second-order valence-electron chi connectivity index (χ2n) is 2.74. The molecular formula is C8H19N3. The second-order valence-corrected chi connectivity index (χ2v) is 2.74. The van der Waals surface area contributed by atoms with Crippen LogP contribution >= 0.6 is 0 Å². The lowest BCUT2D eigenvalue weighted by molar-refractivity contribution is 0.438. The molecule has 0 unspecified atom stereocenters. The number of hydrogen-bond donors (Lipinski definition) is 1. The van der Waals surface area contributed by atoms with E-state index in [0.717, 1.165) is 13.0 Å². The molecule has 3 heteroatoms. The molecule has 0 saturated heterocycles. The van der Waals surface area contributed by atoms with Gasteiger partial charge in [-0.2, -0.15) is 5.10 Å². The Labute approximate surface area is 69.5 Å². The molecule has 3 nitrogen and oxygen atoms in total. The largest absolute Gasteiger partial charge is 0.320 e. The first-order valence-corrected chi connectivity index (χ1v) is 4.11. The van der Waals surface area contributed by atoms with Crippen molar-refractivity contribution in [2.75, 3.05) is 27.7 Å². The maximum Gasteiger partial charge on any atom is 0.0244 e. The molecule has 0 amide bonds. The van der Waals surface area contributed by atoms with Crippen molar-refractivity contribution in [3.63, 3.8) is 0 Å². The average molecular weight is 157 g/mol. The van der Waals surface area contributed by atoms with Crippen LogP contribution in [0, 0.1) is 0 Å². The monoisotopic (exact) mass is 157 g/mol. The zero-order valence-electron chi connectivity index (χ0n) is 7.80. The topological polar surface area (TPSA) is 27.6 Å². The summed E-state index contributed by atoms with van der Waals surface area (Å²) in [6, 6.07) is 0. The number of nitrogens with one attached hydrogen (secondary N) is 1. The molecule has 66 valence electrons. The summed E-state index contributed by atoms with van der Waals surface area (Å²) in [4.78, 5) is 0. The van der Waals surface area contributed by atoms with Gasteiger partial charge in [0.1, 0.15) is 0 Å². The average Bonchev–Trinajstić information content (AvgIpc) is 1.96. The molecule has 0 fully saturated rings. The van der Waals surface area contributed by atoms with E-state index in [9.17, 15) is 0 Å². The van der Waals surface area contributed by atoms with Gasteiger partial charge >= 0.3 is 0 Å². The van der Waals surface area contributed by atoms with Crippen molar-refractivity contribution in [1.82, 2.24) is 10.3 Å². The van der Waals surface area contributed by atoms with Gasteiger partial charge in [-0.25, -0.2) is 0 Å². The van der Waals surface area contributed by atoms with Gasteiger partial charge in [0.15, 0.2) is 0 Å². The Morgan fingerprint density at radius 1 is 1.36 bits per heavy atom. The first kappa shape index (κ1) is 10.4. The highest BCUT2D eigenvalue weighted by Crippen LogP contribution is 1.90. The van der Waals surface area contributed by atoms with Crippen LogP contribution in [-0.4, -0.2) is 38.9 Å². The van der Waals surface area contributed by atoms with Crippen LogP contribution in [-0.2, 0) is 0 Å². The molecule has 1 N–H and O–H groups in total. The minimum atomic E-state index is 1.08. The van der Waals surface area contributed by atoms with Gasteiger partial charge < -0.3 is 10.3 Å². The molecule has 0 aliphatic carbocycles. The summed E-state index contributed by atoms with van der Waals surface area (Å²) in [7, 11) is 5.85. The smallest absolute Gasteiger partial charge is 0.0244 e. The fourth-order valence-corrected chi connectivity index (χ4v) is 0.758. The summed E-state index contributed by atoms with van der Waals surface area (Å²) in [5.41, 5.74) is 0. The summed E-state index contributed by atoms with van der Waals surface area (Å²) in [6.07, 6.45) is 5.50. The Morgan fingerprint density at radius 2 is 2.09 bits per heavy atom. The molecule has 0 aliphatic heterocycles. The summed E-state index contributed by atoms with van der Waals surface area (Å²) < 4.78 is 0. The molecule has 0 aromatic carbocycles. The van der Waals surface area contributed by atoms with Crippen LogP contribution in [0.4, 0.5) is 0 Å². The third-order valence-electron chi connectivity index (χ3n) is 1.32. The van der Waals surface area contributed by atoms with Crippen LogP contribution in [0.3, 0.4) is 0 Å². The van der Waals surface area contributed by atoms with Crippen molar-refractivity contribution in [2.24, 2.45) is 5.10 Å². The highest BCUT2D eigenvalue weighted by atomic mass is 15.4. The van der Waals surface area contributed by atoms with Crippen LogP contribution < -0.4 is 5.32 Å². The highest BCUT2D eigenvalue weighted by molar-refractivity contribution is 5.56. The fourth-order valence-electron chi connectivity index (χ4n) is 0.758. The third-order valence-corrected chi connectivity index (χ3v) is 1.32. The highest BCUT2D eigenvalue weighted by Gasteiger charge is 1.83. The molecule has 0 bridgehead atoms. The summed E-state index contributed by atoms with van der Waals surface area (Å²) in [6.45, 7) is 1.11.